The van der Waals surface area contributed by atoms with Crippen molar-refractivity contribution in [3.8, 4) is 23.0 Å². The number of amides is 2. The van der Waals surface area contributed by atoms with Crippen LogP contribution in [0.25, 0.3) is 0 Å². The fraction of sp³-hybridized carbons (Fsp3) is 0.391. The summed E-state index contributed by atoms with van der Waals surface area (Å²) in [7, 11) is 4.65. The molecule has 0 bridgehead atoms. The molecule has 31 heavy (non-hydrogen) atoms. The van der Waals surface area contributed by atoms with E-state index < -0.39 is 0 Å². The average molecular weight is 428 g/mol. The van der Waals surface area contributed by atoms with E-state index in [-0.39, 0.29) is 18.4 Å². The van der Waals surface area contributed by atoms with E-state index in [0.29, 0.717) is 54.7 Å². The van der Waals surface area contributed by atoms with Gasteiger partial charge in [0.15, 0.2) is 18.1 Å². The van der Waals surface area contributed by atoms with Crippen LogP contribution < -0.4 is 18.9 Å². The topological polar surface area (TPSA) is 77.5 Å². The van der Waals surface area contributed by atoms with E-state index in [1.165, 1.54) is 7.11 Å². The molecule has 166 valence electrons. The van der Waals surface area contributed by atoms with Crippen LogP contribution in [0.15, 0.2) is 36.4 Å². The molecule has 2 aromatic carbocycles. The molecule has 1 heterocycles. The minimum Gasteiger partial charge on any atom is -0.497 e. The van der Waals surface area contributed by atoms with Crippen molar-refractivity contribution in [3.63, 3.8) is 0 Å². The first-order chi connectivity index (χ1) is 15.0. The maximum absolute atomic E-state index is 12.9. The van der Waals surface area contributed by atoms with E-state index in [2.05, 4.69) is 0 Å². The maximum atomic E-state index is 12.9. The Labute approximate surface area is 182 Å². The van der Waals surface area contributed by atoms with Crippen LogP contribution in [0.3, 0.4) is 0 Å². The summed E-state index contributed by atoms with van der Waals surface area (Å²) in [5, 5.41) is 0. The number of carbonyl (C=O) groups is 2. The molecule has 0 atom stereocenters. The molecule has 0 radical (unpaired) electrons. The Balaban J connectivity index is 1.55. The van der Waals surface area contributed by atoms with Crippen LogP contribution in [0.5, 0.6) is 23.0 Å². The Hall–Kier alpha value is -3.42. The second-order valence-corrected chi connectivity index (χ2v) is 7.18. The second-order valence-electron chi connectivity index (χ2n) is 7.18. The lowest BCUT2D eigenvalue weighted by molar-refractivity contribution is -0.134. The molecule has 1 fully saturated rings. The van der Waals surface area contributed by atoms with Crippen LogP contribution >= 0.6 is 0 Å². The number of ether oxygens (including phenoxy) is 4. The lowest BCUT2D eigenvalue weighted by atomic mass is 10.1. The van der Waals surface area contributed by atoms with Crippen LogP contribution in [0.4, 0.5) is 0 Å². The zero-order valence-electron chi connectivity index (χ0n) is 18.3. The molecule has 2 aromatic rings. The van der Waals surface area contributed by atoms with Gasteiger partial charge in [0.25, 0.3) is 11.8 Å². The third kappa shape index (κ3) is 5.20. The molecule has 0 aromatic heterocycles. The van der Waals surface area contributed by atoms with Gasteiger partial charge in [0.05, 0.1) is 26.9 Å². The molecular formula is C23H28N2O6. The van der Waals surface area contributed by atoms with Gasteiger partial charge in [-0.05, 0) is 36.8 Å². The number of carbonyl (C=O) groups excluding carboxylic acids is 2. The van der Waals surface area contributed by atoms with Crippen molar-refractivity contribution in [2.45, 2.75) is 6.92 Å². The molecule has 1 aliphatic heterocycles. The highest BCUT2D eigenvalue weighted by atomic mass is 16.5. The van der Waals surface area contributed by atoms with Crippen molar-refractivity contribution in [3.05, 3.63) is 47.5 Å². The van der Waals surface area contributed by atoms with Gasteiger partial charge in [0.2, 0.25) is 0 Å². The monoisotopic (exact) mass is 428 g/mol. The number of benzene rings is 2. The Morgan fingerprint density at radius 1 is 0.806 bits per heavy atom. The van der Waals surface area contributed by atoms with Gasteiger partial charge in [-0.15, -0.1) is 0 Å². The smallest absolute Gasteiger partial charge is 0.260 e. The summed E-state index contributed by atoms with van der Waals surface area (Å²) < 4.78 is 21.5. The molecule has 0 spiro atoms. The summed E-state index contributed by atoms with van der Waals surface area (Å²) in [6.45, 7) is 3.63. The number of hydrogen-bond acceptors (Lipinski definition) is 6. The van der Waals surface area contributed by atoms with Gasteiger partial charge in [-0.3, -0.25) is 9.59 Å². The summed E-state index contributed by atoms with van der Waals surface area (Å²) in [5.41, 5.74) is 1.52. The number of methoxy groups -OCH3 is 3. The number of hydrogen-bond donors (Lipinski definition) is 0. The molecule has 0 saturated carbocycles. The average Bonchev–Trinajstić information content (AvgIpc) is 2.82. The molecule has 1 aliphatic rings. The number of aryl methyl sites for hydroxylation is 1. The third-order valence-electron chi connectivity index (χ3n) is 5.23. The van der Waals surface area contributed by atoms with E-state index in [1.807, 2.05) is 19.1 Å². The zero-order valence-corrected chi connectivity index (χ0v) is 18.3. The zero-order chi connectivity index (χ0) is 22.4. The summed E-state index contributed by atoms with van der Waals surface area (Å²) >= 11 is 0. The van der Waals surface area contributed by atoms with Gasteiger partial charge in [-0.2, -0.15) is 0 Å². The number of piperazine rings is 1. The third-order valence-corrected chi connectivity index (χ3v) is 5.23. The van der Waals surface area contributed by atoms with E-state index in [9.17, 15) is 9.59 Å². The normalized spacial score (nSPS) is 13.5. The SMILES string of the molecule is COc1ccc(C(=O)N2CCN(C(=O)COc3ccc(C)cc3OC)CC2)c(OC)c1. The van der Waals surface area contributed by atoms with Gasteiger partial charge in [0, 0.05) is 32.2 Å². The molecule has 3 rings (SSSR count). The van der Waals surface area contributed by atoms with Gasteiger partial charge >= 0.3 is 0 Å². The summed E-state index contributed by atoms with van der Waals surface area (Å²) in [4.78, 5) is 28.9. The molecule has 8 heteroatoms. The van der Waals surface area contributed by atoms with Crippen LogP contribution in [0.2, 0.25) is 0 Å². The molecular weight excluding hydrogens is 400 g/mol. The summed E-state index contributed by atoms with van der Waals surface area (Å²) in [6.07, 6.45) is 0. The highest BCUT2D eigenvalue weighted by molar-refractivity contribution is 5.97. The fourth-order valence-corrected chi connectivity index (χ4v) is 3.43. The largest absolute Gasteiger partial charge is 0.497 e. The first-order valence-corrected chi connectivity index (χ1v) is 10.0. The molecule has 0 N–H and O–H groups in total. The van der Waals surface area contributed by atoms with Crippen molar-refractivity contribution >= 4 is 11.8 Å². The highest BCUT2D eigenvalue weighted by Crippen LogP contribution is 2.28. The van der Waals surface area contributed by atoms with Crippen molar-refractivity contribution in [2.75, 3.05) is 54.1 Å². The molecule has 1 saturated heterocycles. The summed E-state index contributed by atoms with van der Waals surface area (Å²) in [6, 6.07) is 10.7. The Morgan fingerprint density at radius 3 is 2.13 bits per heavy atom. The minimum atomic E-state index is -0.132. The predicted octanol–water partition coefficient (Wildman–Crippen LogP) is 2.38. The van der Waals surface area contributed by atoms with E-state index >= 15 is 0 Å². The van der Waals surface area contributed by atoms with Gasteiger partial charge in [0.1, 0.15) is 11.5 Å². The van der Waals surface area contributed by atoms with Crippen molar-refractivity contribution in [2.24, 2.45) is 0 Å². The molecule has 2 amide bonds. The van der Waals surface area contributed by atoms with Crippen LogP contribution in [0, 0.1) is 6.92 Å². The van der Waals surface area contributed by atoms with E-state index in [1.54, 1.807) is 48.3 Å². The number of nitrogens with zero attached hydrogens (tertiary/aromatic N) is 2. The quantitative estimate of drug-likeness (QED) is 0.674. The fourth-order valence-electron chi connectivity index (χ4n) is 3.43. The molecule has 0 aliphatic carbocycles. The Kier molecular flexibility index (Phi) is 7.23. The van der Waals surface area contributed by atoms with E-state index in [4.69, 9.17) is 18.9 Å². The van der Waals surface area contributed by atoms with E-state index in [0.717, 1.165) is 5.56 Å². The summed E-state index contributed by atoms with van der Waals surface area (Å²) in [5.74, 6) is 1.94. The van der Waals surface area contributed by atoms with Crippen LogP contribution in [-0.4, -0.2) is 75.7 Å². The van der Waals surface area contributed by atoms with Gasteiger partial charge in [-0.25, -0.2) is 0 Å². The maximum Gasteiger partial charge on any atom is 0.260 e. The van der Waals surface area contributed by atoms with Crippen LogP contribution in [0.1, 0.15) is 15.9 Å². The van der Waals surface area contributed by atoms with Gasteiger partial charge < -0.3 is 28.7 Å². The predicted molar refractivity (Wildman–Crippen MR) is 115 cm³/mol. The first-order valence-electron chi connectivity index (χ1n) is 10.0. The molecule has 8 nitrogen and oxygen atoms in total. The molecule has 0 unspecified atom stereocenters. The van der Waals surface area contributed by atoms with Crippen LogP contribution in [-0.2, 0) is 4.79 Å². The minimum absolute atomic E-state index is 0.0837. The second kappa shape index (κ2) is 10.1. The Morgan fingerprint density at radius 2 is 1.48 bits per heavy atom. The number of rotatable bonds is 7. The highest BCUT2D eigenvalue weighted by Gasteiger charge is 2.27. The lowest BCUT2D eigenvalue weighted by Gasteiger charge is -2.35. The van der Waals surface area contributed by atoms with Crippen molar-refractivity contribution in [1.82, 2.24) is 9.80 Å². The van der Waals surface area contributed by atoms with Crippen molar-refractivity contribution < 1.29 is 28.5 Å². The van der Waals surface area contributed by atoms with Gasteiger partial charge in [-0.1, -0.05) is 6.07 Å². The van der Waals surface area contributed by atoms with Crippen molar-refractivity contribution in [1.29, 1.82) is 0 Å². The Bertz CT molecular complexity index is 938. The standard InChI is InChI=1S/C23H28N2O6/c1-16-5-8-19(21(13-16)30-4)31-15-22(26)24-9-11-25(12-10-24)23(27)18-7-6-17(28-2)14-20(18)29-3/h5-8,13-14H,9-12,15H2,1-4H3. The first kappa shape index (κ1) is 22.3. The lowest BCUT2D eigenvalue weighted by Crippen LogP contribution is -2.51.